The van der Waals surface area contributed by atoms with Gasteiger partial charge in [0.1, 0.15) is 0 Å². The van der Waals surface area contributed by atoms with Gasteiger partial charge < -0.3 is 5.73 Å². The molecule has 0 amide bonds. The Balaban J connectivity index is 0.000000443. The summed E-state index contributed by atoms with van der Waals surface area (Å²) in [4.78, 5) is 11.1. The molecule has 2 aromatic rings. The van der Waals surface area contributed by atoms with E-state index in [1.54, 1.807) is 12.3 Å². The van der Waals surface area contributed by atoms with Gasteiger partial charge in [-0.05, 0) is 12.6 Å². The summed E-state index contributed by atoms with van der Waals surface area (Å²) in [7, 11) is 0. The zero-order chi connectivity index (χ0) is 10.4. The second kappa shape index (κ2) is 6.98. The van der Waals surface area contributed by atoms with E-state index in [2.05, 4.69) is 10.2 Å². The molecule has 0 radical (unpaired) electrons. The fourth-order valence-electron chi connectivity index (χ4n) is 1.04. The maximum absolute atomic E-state index is 11.1. The van der Waals surface area contributed by atoms with Gasteiger partial charge in [-0.2, -0.15) is 5.10 Å². The van der Waals surface area contributed by atoms with Crippen molar-refractivity contribution in [1.29, 1.82) is 0 Å². The molecule has 15 heavy (non-hydrogen) atoms. The maximum Gasteiger partial charge on any atom is 0.272 e. The highest BCUT2D eigenvalue weighted by Crippen LogP contribution is 2.04. The van der Waals surface area contributed by atoms with Crippen LogP contribution in [0.4, 0.5) is 0 Å². The number of H-pyrrole nitrogens is 1. The molecule has 0 saturated heterocycles. The van der Waals surface area contributed by atoms with E-state index in [0.29, 0.717) is 5.39 Å². The first-order valence-corrected chi connectivity index (χ1v) is 4.42. The number of halogens is 1. The van der Waals surface area contributed by atoms with Gasteiger partial charge in [-0.25, -0.2) is 5.10 Å². The number of hydrogen-bond acceptors (Lipinski definition) is 3. The summed E-state index contributed by atoms with van der Waals surface area (Å²) >= 11 is 0. The Morgan fingerprint density at radius 3 is 2.60 bits per heavy atom. The second-order valence-electron chi connectivity index (χ2n) is 2.69. The average molecular weight is 228 g/mol. The molecule has 5 heteroatoms. The number of fused-ring (bicyclic) bond motifs is 1. The molecule has 0 aliphatic rings. The third-order valence-electron chi connectivity index (χ3n) is 1.58. The molecule has 0 bridgehead atoms. The van der Waals surface area contributed by atoms with E-state index in [9.17, 15) is 4.79 Å². The standard InChI is InChI=1S/C8H6N2O.C2H7N.ClH/c11-8-7-4-2-1-3-6(7)5-9-10-8;1-2-3;/h1-5H,(H,10,11);2-3H2,1H3;1H. The van der Waals surface area contributed by atoms with Crippen LogP contribution in [-0.4, -0.2) is 16.7 Å². The number of aromatic nitrogens is 2. The Hall–Kier alpha value is -1.39. The molecule has 0 aliphatic heterocycles. The van der Waals surface area contributed by atoms with Crippen molar-refractivity contribution in [1.82, 2.24) is 10.2 Å². The topological polar surface area (TPSA) is 71.8 Å². The van der Waals surface area contributed by atoms with Gasteiger partial charge in [0.2, 0.25) is 0 Å². The summed E-state index contributed by atoms with van der Waals surface area (Å²) in [6, 6.07) is 7.34. The van der Waals surface area contributed by atoms with Gasteiger partial charge in [0, 0.05) is 10.8 Å². The first-order valence-electron chi connectivity index (χ1n) is 4.42. The van der Waals surface area contributed by atoms with E-state index in [0.717, 1.165) is 11.9 Å². The predicted molar refractivity (Wildman–Crippen MR) is 64.3 cm³/mol. The largest absolute Gasteiger partial charge is 0.331 e. The van der Waals surface area contributed by atoms with Crippen molar-refractivity contribution in [3.8, 4) is 0 Å². The Morgan fingerprint density at radius 1 is 1.40 bits per heavy atom. The van der Waals surface area contributed by atoms with Crippen LogP contribution in [0.2, 0.25) is 0 Å². The molecule has 1 aromatic carbocycles. The molecule has 3 N–H and O–H groups in total. The maximum atomic E-state index is 11.1. The smallest absolute Gasteiger partial charge is 0.272 e. The first kappa shape index (κ1) is 13.6. The van der Waals surface area contributed by atoms with Crippen molar-refractivity contribution in [2.24, 2.45) is 5.73 Å². The van der Waals surface area contributed by atoms with Crippen LogP contribution in [0.25, 0.3) is 10.8 Å². The van der Waals surface area contributed by atoms with E-state index < -0.39 is 0 Å². The minimum atomic E-state index is -0.136. The van der Waals surface area contributed by atoms with Crippen LogP contribution in [0.1, 0.15) is 6.92 Å². The highest BCUT2D eigenvalue weighted by atomic mass is 35.5. The lowest BCUT2D eigenvalue weighted by Crippen LogP contribution is -2.06. The van der Waals surface area contributed by atoms with Gasteiger partial charge in [-0.1, -0.05) is 25.1 Å². The van der Waals surface area contributed by atoms with Crippen LogP contribution in [0, 0.1) is 0 Å². The van der Waals surface area contributed by atoms with Gasteiger partial charge in [0.25, 0.3) is 5.56 Å². The lowest BCUT2D eigenvalue weighted by Gasteiger charge is -1.91. The van der Waals surface area contributed by atoms with Crippen LogP contribution < -0.4 is 11.3 Å². The minimum Gasteiger partial charge on any atom is -0.331 e. The fraction of sp³-hybridized carbons (Fsp3) is 0.200. The molecule has 0 unspecified atom stereocenters. The SMILES string of the molecule is CCN.Cl.O=c1[nH]ncc2ccccc12. The van der Waals surface area contributed by atoms with Crippen LogP contribution in [0.3, 0.4) is 0 Å². The fourth-order valence-corrected chi connectivity index (χ4v) is 1.04. The molecular formula is C10H14ClN3O. The van der Waals surface area contributed by atoms with Gasteiger partial charge in [-0.15, -0.1) is 12.4 Å². The van der Waals surface area contributed by atoms with E-state index >= 15 is 0 Å². The molecule has 4 nitrogen and oxygen atoms in total. The summed E-state index contributed by atoms with van der Waals surface area (Å²) in [6.07, 6.45) is 1.64. The van der Waals surface area contributed by atoms with E-state index in [-0.39, 0.29) is 18.0 Å². The number of nitrogens with zero attached hydrogens (tertiary/aromatic N) is 1. The van der Waals surface area contributed by atoms with Crippen molar-refractivity contribution in [3.05, 3.63) is 40.8 Å². The Morgan fingerprint density at radius 2 is 2.00 bits per heavy atom. The number of nitrogens with one attached hydrogen (secondary N) is 1. The number of aromatic amines is 1. The van der Waals surface area contributed by atoms with Crippen LogP contribution >= 0.6 is 12.4 Å². The Kier molecular flexibility index (Phi) is 6.33. The molecule has 0 fully saturated rings. The second-order valence-corrected chi connectivity index (χ2v) is 2.69. The quantitative estimate of drug-likeness (QED) is 0.713. The third kappa shape index (κ3) is 3.69. The highest BCUT2D eigenvalue weighted by molar-refractivity contribution is 5.85. The van der Waals surface area contributed by atoms with E-state index in [1.807, 2.05) is 25.1 Å². The average Bonchev–Trinajstić information content (AvgIpc) is 2.20. The third-order valence-corrected chi connectivity index (χ3v) is 1.58. The van der Waals surface area contributed by atoms with Crippen molar-refractivity contribution in [2.75, 3.05) is 6.54 Å². The van der Waals surface area contributed by atoms with Crippen molar-refractivity contribution in [2.45, 2.75) is 6.92 Å². The summed E-state index contributed by atoms with van der Waals surface area (Å²) in [5.74, 6) is 0. The summed E-state index contributed by atoms with van der Waals surface area (Å²) in [5.41, 5.74) is 4.71. The lowest BCUT2D eigenvalue weighted by atomic mass is 10.2. The van der Waals surface area contributed by atoms with Gasteiger partial charge in [0.15, 0.2) is 0 Å². The predicted octanol–water partition coefficient (Wildman–Crippen LogP) is 1.31. The zero-order valence-electron chi connectivity index (χ0n) is 8.43. The minimum absolute atomic E-state index is 0. The number of benzene rings is 1. The van der Waals surface area contributed by atoms with Gasteiger partial charge in [0.05, 0.1) is 6.20 Å². The molecule has 0 atom stereocenters. The molecule has 1 heterocycles. The number of hydrogen-bond donors (Lipinski definition) is 2. The van der Waals surface area contributed by atoms with Crippen LogP contribution in [0.15, 0.2) is 35.3 Å². The van der Waals surface area contributed by atoms with Crippen molar-refractivity contribution >= 4 is 23.2 Å². The molecule has 0 spiro atoms. The van der Waals surface area contributed by atoms with Crippen LogP contribution in [0.5, 0.6) is 0 Å². The van der Waals surface area contributed by atoms with Crippen molar-refractivity contribution < 1.29 is 0 Å². The lowest BCUT2D eigenvalue weighted by molar-refractivity contribution is 1.01. The van der Waals surface area contributed by atoms with Crippen molar-refractivity contribution in [3.63, 3.8) is 0 Å². The Labute approximate surface area is 93.9 Å². The normalized spacial score (nSPS) is 8.67. The van der Waals surface area contributed by atoms with E-state index in [4.69, 9.17) is 5.73 Å². The highest BCUT2D eigenvalue weighted by Gasteiger charge is 1.93. The Bertz CT molecular complexity index is 450. The summed E-state index contributed by atoms with van der Waals surface area (Å²) < 4.78 is 0. The number of nitrogens with two attached hydrogens (primary N) is 1. The molecular weight excluding hydrogens is 214 g/mol. The zero-order valence-corrected chi connectivity index (χ0v) is 9.25. The molecule has 0 saturated carbocycles. The van der Waals surface area contributed by atoms with E-state index in [1.165, 1.54) is 0 Å². The number of rotatable bonds is 0. The monoisotopic (exact) mass is 227 g/mol. The first-order chi connectivity index (χ1) is 6.79. The van der Waals surface area contributed by atoms with Crippen LogP contribution in [-0.2, 0) is 0 Å². The summed E-state index contributed by atoms with van der Waals surface area (Å²) in [6.45, 7) is 2.65. The molecule has 1 aromatic heterocycles. The summed E-state index contributed by atoms with van der Waals surface area (Å²) in [5, 5.41) is 7.60. The molecule has 82 valence electrons. The van der Waals surface area contributed by atoms with Gasteiger partial charge in [-0.3, -0.25) is 4.79 Å². The molecule has 0 aliphatic carbocycles. The van der Waals surface area contributed by atoms with Gasteiger partial charge >= 0.3 is 0 Å². The molecule has 2 rings (SSSR count).